The number of benzene rings is 1. The van der Waals surface area contributed by atoms with Crippen LogP contribution in [0.2, 0.25) is 0 Å². The molecule has 0 atom stereocenters. The first-order valence-corrected chi connectivity index (χ1v) is 5.49. The maximum Gasteiger partial charge on any atom is 0.233 e. The second-order valence-electron chi connectivity index (χ2n) is 4.90. The third-order valence-corrected chi connectivity index (χ3v) is 3.69. The molecule has 0 unspecified atom stereocenters. The highest BCUT2D eigenvalue weighted by molar-refractivity contribution is 5.93. The summed E-state index contributed by atoms with van der Waals surface area (Å²) in [6, 6.07) is 6.50. The van der Waals surface area contributed by atoms with Gasteiger partial charge in [0.25, 0.3) is 0 Å². The highest BCUT2D eigenvalue weighted by Gasteiger charge is 2.55. The van der Waals surface area contributed by atoms with Crippen LogP contribution in [0.1, 0.15) is 29.5 Å². The van der Waals surface area contributed by atoms with Gasteiger partial charge in [-0.1, -0.05) is 23.8 Å². The van der Waals surface area contributed by atoms with Gasteiger partial charge in [-0.2, -0.15) is 0 Å². The van der Waals surface area contributed by atoms with Crippen molar-refractivity contribution in [2.24, 2.45) is 0 Å². The average molecular weight is 201 g/mol. The van der Waals surface area contributed by atoms with Gasteiger partial charge in [-0.15, -0.1) is 0 Å². The molecule has 0 aromatic heterocycles. The zero-order valence-corrected chi connectivity index (χ0v) is 9.21. The normalized spacial score (nSPS) is 21.7. The van der Waals surface area contributed by atoms with Gasteiger partial charge < -0.3 is 4.90 Å². The lowest BCUT2D eigenvalue weighted by atomic mass is 9.85. The summed E-state index contributed by atoms with van der Waals surface area (Å²) in [4.78, 5) is 14.0. The summed E-state index contributed by atoms with van der Waals surface area (Å²) in [6.45, 7) is 2.88. The van der Waals surface area contributed by atoms with E-state index in [0.717, 1.165) is 19.4 Å². The fraction of sp³-hybridized carbons (Fsp3) is 0.462. The minimum atomic E-state index is -0.129. The van der Waals surface area contributed by atoms with E-state index in [0.29, 0.717) is 5.91 Å². The third-order valence-electron chi connectivity index (χ3n) is 3.69. The average Bonchev–Trinajstić information content (AvgIpc) is 2.96. The van der Waals surface area contributed by atoms with E-state index in [4.69, 9.17) is 0 Å². The zero-order valence-electron chi connectivity index (χ0n) is 9.21. The summed E-state index contributed by atoms with van der Waals surface area (Å²) in [5, 5.41) is 0. The zero-order chi connectivity index (χ0) is 10.6. The van der Waals surface area contributed by atoms with E-state index in [-0.39, 0.29) is 5.41 Å². The van der Waals surface area contributed by atoms with Crippen molar-refractivity contribution in [2.75, 3.05) is 7.05 Å². The Morgan fingerprint density at radius 2 is 2.07 bits per heavy atom. The molecule has 2 heteroatoms. The summed E-state index contributed by atoms with van der Waals surface area (Å²) >= 11 is 0. The monoisotopic (exact) mass is 201 g/mol. The van der Waals surface area contributed by atoms with Crippen LogP contribution in [0.4, 0.5) is 0 Å². The molecular formula is C13H15NO. The van der Waals surface area contributed by atoms with Crippen LogP contribution in [-0.2, 0) is 16.8 Å². The SMILES string of the molecule is Cc1ccc2c(c1)CN(C)C(=O)C21CC1. The van der Waals surface area contributed by atoms with Crippen LogP contribution >= 0.6 is 0 Å². The standard InChI is InChI=1S/C13H15NO/c1-9-3-4-11-10(7-9)8-14(2)12(15)13(11)5-6-13/h3-4,7H,5-6,8H2,1-2H3. The number of rotatable bonds is 0. The molecule has 1 fully saturated rings. The van der Waals surface area contributed by atoms with Crippen LogP contribution in [0, 0.1) is 6.92 Å². The highest BCUT2D eigenvalue weighted by Crippen LogP contribution is 2.52. The summed E-state index contributed by atoms with van der Waals surface area (Å²) in [5.41, 5.74) is 3.79. The van der Waals surface area contributed by atoms with E-state index in [2.05, 4.69) is 25.1 Å². The molecule has 3 rings (SSSR count). The number of carbonyl (C=O) groups excluding carboxylic acids is 1. The number of likely N-dealkylation sites (N-methyl/N-ethyl adjacent to an activating group) is 1. The Bertz CT molecular complexity index is 446. The Morgan fingerprint density at radius 3 is 2.73 bits per heavy atom. The fourth-order valence-corrected chi connectivity index (χ4v) is 2.74. The van der Waals surface area contributed by atoms with Crippen LogP contribution in [0.3, 0.4) is 0 Å². The molecule has 78 valence electrons. The third kappa shape index (κ3) is 1.08. The van der Waals surface area contributed by atoms with Gasteiger partial charge in [0.05, 0.1) is 5.41 Å². The Morgan fingerprint density at radius 1 is 1.33 bits per heavy atom. The van der Waals surface area contributed by atoms with Crippen molar-refractivity contribution in [1.29, 1.82) is 0 Å². The van der Waals surface area contributed by atoms with Crippen molar-refractivity contribution in [3.63, 3.8) is 0 Å². The molecule has 15 heavy (non-hydrogen) atoms. The van der Waals surface area contributed by atoms with Gasteiger partial charge in [-0.05, 0) is 30.9 Å². The molecule has 2 aliphatic rings. The lowest BCUT2D eigenvalue weighted by Crippen LogP contribution is -2.41. The van der Waals surface area contributed by atoms with E-state index < -0.39 is 0 Å². The van der Waals surface area contributed by atoms with Crippen molar-refractivity contribution < 1.29 is 4.79 Å². The van der Waals surface area contributed by atoms with E-state index in [9.17, 15) is 4.79 Å². The number of fused-ring (bicyclic) bond motifs is 2. The Labute approximate surface area is 89.9 Å². The summed E-state index contributed by atoms with van der Waals surface area (Å²) in [5.74, 6) is 0.318. The number of nitrogens with zero attached hydrogens (tertiary/aromatic N) is 1. The molecule has 1 aliphatic heterocycles. The Balaban J connectivity index is 2.19. The summed E-state index contributed by atoms with van der Waals surface area (Å²) < 4.78 is 0. The molecule has 0 N–H and O–H groups in total. The Kier molecular flexibility index (Phi) is 1.57. The lowest BCUT2D eigenvalue weighted by Gasteiger charge is -2.32. The van der Waals surface area contributed by atoms with Gasteiger partial charge in [0.1, 0.15) is 0 Å². The maximum atomic E-state index is 12.1. The molecule has 1 heterocycles. The van der Waals surface area contributed by atoms with E-state index >= 15 is 0 Å². The van der Waals surface area contributed by atoms with Crippen molar-refractivity contribution in [3.05, 3.63) is 34.9 Å². The smallest absolute Gasteiger partial charge is 0.233 e. The van der Waals surface area contributed by atoms with E-state index in [1.54, 1.807) is 0 Å². The topological polar surface area (TPSA) is 20.3 Å². The lowest BCUT2D eigenvalue weighted by molar-refractivity contribution is -0.134. The quantitative estimate of drug-likeness (QED) is 0.628. The molecule has 1 spiro atoms. The van der Waals surface area contributed by atoms with Crippen molar-refractivity contribution >= 4 is 5.91 Å². The number of carbonyl (C=O) groups is 1. The molecule has 0 radical (unpaired) electrons. The van der Waals surface area contributed by atoms with Crippen molar-refractivity contribution in [2.45, 2.75) is 31.7 Å². The number of amides is 1. The predicted octanol–water partition coefficient (Wildman–Crippen LogP) is 2.00. The largest absolute Gasteiger partial charge is 0.341 e. The molecule has 1 aromatic carbocycles. The van der Waals surface area contributed by atoms with Crippen molar-refractivity contribution in [3.8, 4) is 0 Å². The number of aryl methyl sites for hydroxylation is 1. The van der Waals surface area contributed by atoms with Crippen LogP contribution in [0.5, 0.6) is 0 Å². The maximum absolute atomic E-state index is 12.1. The molecule has 1 aliphatic carbocycles. The van der Waals surface area contributed by atoms with Crippen molar-refractivity contribution in [1.82, 2.24) is 4.90 Å². The molecular weight excluding hydrogens is 186 g/mol. The minimum absolute atomic E-state index is 0.129. The molecule has 0 saturated heterocycles. The van der Waals surface area contributed by atoms with Gasteiger partial charge in [0.2, 0.25) is 5.91 Å². The molecule has 1 aromatic rings. The van der Waals surface area contributed by atoms with E-state index in [1.165, 1.54) is 16.7 Å². The molecule has 2 nitrogen and oxygen atoms in total. The second-order valence-corrected chi connectivity index (χ2v) is 4.90. The fourth-order valence-electron chi connectivity index (χ4n) is 2.74. The van der Waals surface area contributed by atoms with Crippen LogP contribution in [0.15, 0.2) is 18.2 Å². The first kappa shape index (κ1) is 8.96. The molecule has 1 saturated carbocycles. The van der Waals surface area contributed by atoms with Gasteiger partial charge in [-0.3, -0.25) is 4.79 Å². The molecule has 1 amide bonds. The highest BCUT2D eigenvalue weighted by atomic mass is 16.2. The van der Waals surface area contributed by atoms with Crippen LogP contribution in [-0.4, -0.2) is 17.9 Å². The number of hydrogen-bond donors (Lipinski definition) is 0. The first-order valence-electron chi connectivity index (χ1n) is 5.49. The summed E-state index contributed by atoms with van der Waals surface area (Å²) in [6.07, 6.45) is 2.07. The Hall–Kier alpha value is -1.31. The first-order chi connectivity index (χ1) is 7.13. The van der Waals surface area contributed by atoms with Gasteiger partial charge in [0, 0.05) is 13.6 Å². The second kappa shape index (κ2) is 2.63. The van der Waals surface area contributed by atoms with Crippen LogP contribution in [0.25, 0.3) is 0 Å². The number of hydrogen-bond acceptors (Lipinski definition) is 1. The summed E-state index contributed by atoms with van der Waals surface area (Å²) in [7, 11) is 1.91. The minimum Gasteiger partial charge on any atom is -0.341 e. The predicted molar refractivity (Wildman–Crippen MR) is 58.6 cm³/mol. The van der Waals surface area contributed by atoms with Gasteiger partial charge >= 0.3 is 0 Å². The van der Waals surface area contributed by atoms with Crippen LogP contribution < -0.4 is 0 Å². The molecule has 0 bridgehead atoms. The van der Waals surface area contributed by atoms with Gasteiger partial charge in [-0.25, -0.2) is 0 Å². The van der Waals surface area contributed by atoms with Gasteiger partial charge in [0.15, 0.2) is 0 Å². The van der Waals surface area contributed by atoms with E-state index in [1.807, 2.05) is 11.9 Å².